The van der Waals surface area contributed by atoms with Crippen LogP contribution in [0.3, 0.4) is 0 Å². The van der Waals surface area contributed by atoms with Crippen molar-refractivity contribution in [2.45, 2.75) is 64.3 Å². The summed E-state index contributed by atoms with van der Waals surface area (Å²) in [5, 5.41) is 0.647. The van der Waals surface area contributed by atoms with Gasteiger partial charge in [-0.15, -0.1) is 0 Å². The Bertz CT molecular complexity index is 1160. The molecule has 0 radical (unpaired) electrons. The molecule has 2 aliphatic heterocycles. The number of nitrogens with zero attached hydrogens (tertiary/aromatic N) is 2. The second kappa shape index (κ2) is 11.7. The number of piperidine rings is 1. The van der Waals surface area contributed by atoms with Gasteiger partial charge in [-0.05, 0) is 80.0 Å². The van der Waals surface area contributed by atoms with Gasteiger partial charge >= 0.3 is 12.3 Å². The molecule has 0 aliphatic carbocycles. The summed E-state index contributed by atoms with van der Waals surface area (Å²) in [4.78, 5) is 29.2. The maximum Gasteiger partial charge on any atom is 0.416 e. The summed E-state index contributed by atoms with van der Waals surface area (Å²) < 4.78 is 44.8. The van der Waals surface area contributed by atoms with Crippen LogP contribution in [0.5, 0.6) is 0 Å². The molecule has 2 fully saturated rings. The lowest BCUT2D eigenvalue weighted by Crippen LogP contribution is -2.48. The molecule has 0 bridgehead atoms. The van der Waals surface area contributed by atoms with E-state index in [1.165, 1.54) is 6.07 Å². The number of ether oxygens (including phenoxy) is 1. The maximum atomic E-state index is 13.3. The number of amides is 2. The molecular weight excluding hydrogens is 540 g/mol. The van der Waals surface area contributed by atoms with Gasteiger partial charge in [-0.25, -0.2) is 4.79 Å². The molecule has 0 spiro atoms. The zero-order valence-corrected chi connectivity index (χ0v) is 22.9. The minimum absolute atomic E-state index is 0.0414. The predicted molar refractivity (Wildman–Crippen MR) is 141 cm³/mol. The molecule has 2 amide bonds. The third-order valence-electron chi connectivity index (χ3n) is 7.51. The topological polar surface area (TPSA) is 49.9 Å². The third kappa shape index (κ3) is 6.40. The fourth-order valence-corrected chi connectivity index (χ4v) is 5.73. The average Bonchev–Trinajstić information content (AvgIpc) is 3.25. The number of benzene rings is 2. The highest BCUT2D eigenvalue weighted by atomic mass is 35.5. The summed E-state index contributed by atoms with van der Waals surface area (Å²) in [6.45, 7) is 5.55. The van der Waals surface area contributed by atoms with Gasteiger partial charge in [0.25, 0.3) is 0 Å². The van der Waals surface area contributed by atoms with E-state index < -0.39 is 11.7 Å². The number of carbonyl (C=O) groups is 2. The first-order valence-electron chi connectivity index (χ1n) is 12.9. The van der Waals surface area contributed by atoms with Gasteiger partial charge in [0.2, 0.25) is 5.91 Å². The van der Waals surface area contributed by atoms with Crippen LogP contribution in [0.4, 0.5) is 18.0 Å². The molecule has 2 saturated heterocycles. The number of hydrogen-bond donors (Lipinski definition) is 0. The van der Waals surface area contributed by atoms with Crippen molar-refractivity contribution in [1.29, 1.82) is 0 Å². The number of halogens is 5. The summed E-state index contributed by atoms with van der Waals surface area (Å²) >= 11 is 13.1. The van der Waals surface area contributed by atoms with Gasteiger partial charge in [0, 0.05) is 41.6 Å². The fraction of sp³-hybridized carbons (Fsp3) is 0.500. The summed E-state index contributed by atoms with van der Waals surface area (Å²) in [6, 6.07) is 8.27. The van der Waals surface area contributed by atoms with Gasteiger partial charge in [-0.3, -0.25) is 4.79 Å². The van der Waals surface area contributed by atoms with E-state index in [0.29, 0.717) is 72.1 Å². The number of carbonyl (C=O) groups excluding carboxylic acids is 2. The van der Waals surface area contributed by atoms with Crippen molar-refractivity contribution in [3.8, 4) is 11.1 Å². The summed E-state index contributed by atoms with van der Waals surface area (Å²) in [7, 11) is 0. The van der Waals surface area contributed by atoms with Crippen molar-refractivity contribution >= 4 is 35.2 Å². The largest absolute Gasteiger partial charge is 0.446 e. The van der Waals surface area contributed by atoms with Crippen molar-refractivity contribution in [2.75, 3.05) is 19.6 Å². The van der Waals surface area contributed by atoms with E-state index in [9.17, 15) is 22.8 Å². The van der Waals surface area contributed by atoms with E-state index in [1.54, 1.807) is 23.1 Å². The van der Waals surface area contributed by atoms with E-state index in [4.69, 9.17) is 27.9 Å². The monoisotopic (exact) mass is 570 g/mol. The van der Waals surface area contributed by atoms with Crippen LogP contribution in [0.1, 0.15) is 50.7 Å². The molecule has 2 aromatic carbocycles. The Hall–Kier alpha value is -2.45. The zero-order chi connectivity index (χ0) is 27.6. The summed E-state index contributed by atoms with van der Waals surface area (Å²) in [6.07, 6.45) is -1.71. The summed E-state index contributed by atoms with van der Waals surface area (Å²) in [5.41, 5.74) is 0.707. The highest BCUT2D eigenvalue weighted by molar-refractivity contribution is 6.36. The van der Waals surface area contributed by atoms with Crippen LogP contribution in [0.25, 0.3) is 11.1 Å². The Morgan fingerprint density at radius 1 is 1.05 bits per heavy atom. The lowest BCUT2D eigenvalue weighted by atomic mass is 9.95. The van der Waals surface area contributed by atoms with Crippen molar-refractivity contribution in [2.24, 2.45) is 5.92 Å². The van der Waals surface area contributed by atoms with E-state index in [-0.39, 0.29) is 30.1 Å². The number of alkyl halides is 3. The van der Waals surface area contributed by atoms with E-state index >= 15 is 0 Å². The Morgan fingerprint density at radius 3 is 2.32 bits per heavy atom. The minimum Gasteiger partial charge on any atom is -0.446 e. The number of likely N-dealkylation sites (tertiary alicyclic amines) is 2. The molecular formula is C28H31Cl2F3N2O3. The molecule has 38 heavy (non-hydrogen) atoms. The van der Waals surface area contributed by atoms with Crippen molar-refractivity contribution in [3.05, 3.63) is 57.6 Å². The number of hydrogen-bond acceptors (Lipinski definition) is 3. The lowest BCUT2D eigenvalue weighted by Gasteiger charge is -2.36. The first kappa shape index (κ1) is 28.6. The SMILES string of the molecule is CCC(C)OC(=O)N1CCC(N2CC[C@@H](Cc3c(Cl)cc(-c4cccc(C(F)(F)F)c4)cc3Cl)C2=O)CC1. The van der Waals surface area contributed by atoms with Crippen molar-refractivity contribution < 1.29 is 27.5 Å². The van der Waals surface area contributed by atoms with Gasteiger partial charge in [0.05, 0.1) is 5.56 Å². The Balaban J connectivity index is 1.39. The Morgan fingerprint density at radius 2 is 1.71 bits per heavy atom. The van der Waals surface area contributed by atoms with Crippen molar-refractivity contribution in [1.82, 2.24) is 9.80 Å². The van der Waals surface area contributed by atoms with Crippen LogP contribution < -0.4 is 0 Å². The van der Waals surface area contributed by atoms with Gasteiger partial charge in [0.15, 0.2) is 0 Å². The minimum atomic E-state index is -4.45. The van der Waals surface area contributed by atoms with E-state index in [1.807, 2.05) is 18.7 Å². The average molecular weight is 571 g/mol. The zero-order valence-electron chi connectivity index (χ0n) is 21.4. The molecule has 0 N–H and O–H groups in total. The van der Waals surface area contributed by atoms with Crippen LogP contribution in [0.2, 0.25) is 10.0 Å². The first-order valence-corrected chi connectivity index (χ1v) is 13.6. The Kier molecular flexibility index (Phi) is 8.82. The fourth-order valence-electron chi connectivity index (χ4n) is 5.09. The lowest BCUT2D eigenvalue weighted by molar-refractivity contribution is -0.137. The van der Waals surface area contributed by atoms with Gasteiger partial charge in [-0.1, -0.05) is 42.3 Å². The smallest absolute Gasteiger partial charge is 0.416 e. The maximum absolute atomic E-state index is 13.3. The second-order valence-corrected chi connectivity index (χ2v) is 10.9. The van der Waals surface area contributed by atoms with Gasteiger partial charge < -0.3 is 14.5 Å². The second-order valence-electron chi connectivity index (χ2n) is 10.0. The van der Waals surface area contributed by atoms with Crippen LogP contribution in [-0.2, 0) is 22.1 Å². The molecule has 2 atom stereocenters. The first-order chi connectivity index (χ1) is 18.0. The van der Waals surface area contributed by atoms with Crippen LogP contribution in [0, 0.1) is 5.92 Å². The molecule has 2 heterocycles. The molecule has 206 valence electrons. The highest BCUT2D eigenvalue weighted by Crippen LogP contribution is 2.38. The van der Waals surface area contributed by atoms with E-state index in [0.717, 1.165) is 18.6 Å². The summed E-state index contributed by atoms with van der Waals surface area (Å²) in [5.74, 6) is -0.238. The standard InChI is InChI=1S/C28H31Cl2F3N2O3/c1-3-17(2)38-27(37)34-10-8-22(9-11-34)35-12-7-19(26(35)36)14-23-24(29)15-20(16-25(23)30)18-5-4-6-21(13-18)28(31,32)33/h4-6,13,15-17,19,22H,3,7-12,14H2,1-2H3/t17?,19-/m0/s1. The molecule has 10 heteroatoms. The highest BCUT2D eigenvalue weighted by Gasteiger charge is 2.38. The quantitative estimate of drug-likeness (QED) is 0.362. The van der Waals surface area contributed by atoms with Crippen LogP contribution in [-0.4, -0.2) is 53.6 Å². The molecule has 2 aromatic rings. The van der Waals surface area contributed by atoms with Crippen LogP contribution in [0.15, 0.2) is 36.4 Å². The molecule has 1 unspecified atom stereocenters. The van der Waals surface area contributed by atoms with Crippen LogP contribution >= 0.6 is 23.2 Å². The Labute approximate surface area is 230 Å². The molecule has 4 rings (SSSR count). The van der Waals surface area contributed by atoms with Gasteiger partial charge in [-0.2, -0.15) is 13.2 Å². The normalized spacial score (nSPS) is 19.7. The predicted octanol–water partition coefficient (Wildman–Crippen LogP) is 7.47. The van der Waals surface area contributed by atoms with Crippen molar-refractivity contribution in [3.63, 3.8) is 0 Å². The third-order valence-corrected chi connectivity index (χ3v) is 8.18. The van der Waals surface area contributed by atoms with Gasteiger partial charge in [0.1, 0.15) is 6.10 Å². The molecule has 5 nitrogen and oxygen atoms in total. The molecule has 2 aliphatic rings. The van der Waals surface area contributed by atoms with E-state index in [2.05, 4.69) is 0 Å². The number of rotatable bonds is 6. The molecule has 0 saturated carbocycles. The molecule has 0 aromatic heterocycles.